The summed E-state index contributed by atoms with van der Waals surface area (Å²) in [6.45, 7) is -0.326. The normalized spacial score (nSPS) is 15.5. The number of carbonyl (C=O) groups is 3. The molecule has 1 saturated heterocycles. The predicted molar refractivity (Wildman–Crippen MR) is 69.7 cm³/mol. The number of nitrogen functional groups attached to an aromatic ring is 1. The maximum absolute atomic E-state index is 12.2. The molecule has 1 aromatic carbocycles. The third kappa shape index (κ3) is 2.09. The van der Waals surface area contributed by atoms with Crippen LogP contribution in [0, 0.1) is 0 Å². The topological polar surface area (TPSA) is 106 Å². The van der Waals surface area contributed by atoms with Gasteiger partial charge in [-0.3, -0.25) is 19.7 Å². The molecule has 3 amide bonds. The van der Waals surface area contributed by atoms with Gasteiger partial charge in [0.15, 0.2) is 5.76 Å². The van der Waals surface area contributed by atoms with Crippen molar-refractivity contribution in [1.29, 1.82) is 0 Å². The Morgan fingerprint density at radius 3 is 2.60 bits per heavy atom. The molecule has 1 aliphatic heterocycles. The summed E-state index contributed by atoms with van der Waals surface area (Å²) in [5, 5.41) is 2.83. The van der Waals surface area contributed by atoms with E-state index < -0.39 is 17.7 Å². The van der Waals surface area contributed by atoms with Crippen LogP contribution in [-0.2, 0) is 9.59 Å². The number of fused-ring (bicyclic) bond motifs is 1. The number of piperazine rings is 1. The van der Waals surface area contributed by atoms with Crippen LogP contribution < -0.4 is 11.1 Å². The van der Waals surface area contributed by atoms with E-state index in [0.717, 1.165) is 4.90 Å². The summed E-state index contributed by atoms with van der Waals surface area (Å²) in [5.41, 5.74) is 6.74. The highest BCUT2D eigenvalue weighted by molar-refractivity contribution is 6.05. The zero-order chi connectivity index (χ0) is 14.3. The predicted octanol–water partition coefficient (Wildman–Crippen LogP) is 0.114. The van der Waals surface area contributed by atoms with Gasteiger partial charge in [0.05, 0.1) is 0 Å². The Kier molecular flexibility index (Phi) is 2.67. The Morgan fingerprint density at radius 2 is 1.90 bits per heavy atom. The number of imide groups is 1. The van der Waals surface area contributed by atoms with Crippen molar-refractivity contribution >= 4 is 34.4 Å². The lowest BCUT2D eigenvalue weighted by molar-refractivity contribution is -0.135. The molecule has 1 aromatic heterocycles. The molecular weight excluding hydrogens is 262 g/mol. The molecule has 2 aromatic rings. The van der Waals surface area contributed by atoms with Crippen LogP contribution in [0.5, 0.6) is 0 Å². The fraction of sp³-hybridized carbons (Fsp3) is 0.154. The molecule has 3 rings (SSSR count). The summed E-state index contributed by atoms with van der Waals surface area (Å²) in [5.74, 6) is -1.43. The van der Waals surface area contributed by atoms with E-state index in [9.17, 15) is 14.4 Å². The van der Waals surface area contributed by atoms with E-state index in [2.05, 4.69) is 5.32 Å². The van der Waals surface area contributed by atoms with Gasteiger partial charge in [0.25, 0.3) is 5.91 Å². The van der Waals surface area contributed by atoms with E-state index in [-0.39, 0.29) is 18.8 Å². The van der Waals surface area contributed by atoms with Gasteiger partial charge >= 0.3 is 0 Å². The van der Waals surface area contributed by atoms with E-state index >= 15 is 0 Å². The summed E-state index contributed by atoms with van der Waals surface area (Å²) >= 11 is 0. The van der Waals surface area contributed by atoms with Crippen LogP contribution in [0.15, 0.2) is 28.7 Å². The first-order valence-electron chi connectivity index (χ1n) is 5.94. The number of benzene rings is 1. The molecular formula is C13H11N3O4. The van der Waals surface area contributed by atoms with Crippen LogP contribution in [-0.4, -0.2) is 35.7 Å². The standard InChI is InChI=1S/C13H11N3O4/c14-8-1-2-9-7(3-8)4-10(20-9)13(19)16-5-11(17)15-12(18)6-16/h1-4H,5-6,14H2,(H,15,17,18). The van der Waals surface area contributed by atoms with Crippen molar-refractivity contribution in [2.45, 2.75) is 0 Å². The van der Waals surface area contributed by atoms with Crippen LogP contribution in [0.3, 0.4) is 0 Å². The van der Waals surface area contributed by atoms with E-state index in [1.54, 1.807) is 24.3 Å². The van der Waals surface area contributed by atoms with Crippen LogP contribution in [0.2, 0.25) is 0 Å². The van der Waals surface area contributed by atoms with Crippen molar-refractivity contribution in [3.8, 4) is 0 Å². The number of hydrogen-bond acceptors (Lipinski definition) is 5. The number of hydrogen-bond donors (Lipinski definition) is 2. The fourth-order valence-electron chi connectivity index (χ4n) is 2.10. The largest absolute Gasteiger partial charge is 0.451 e. The zero-order valence-electron chi connectivity index (χ0n) is 10.4. The molecule has 7 heteroatoms. The Morgan fingerprint density at radius 1 is 1.20 bits per heavy atom. The summed E-state index contributed by atoms with van der Waals surface area (Å²) in [7, 11) is 0. The molecule has 7 nitrogen and oxygen atoms in total. The number of nitrogens with zero attached hydrogens (tertiary/aromatic N) is 1. The lowest BCUT2D eigenvalue weighted by Gasteiger charge is -2.24. The van der Waals surface area contributed by atoms with Crippen LogP contribution >= 0.6 is 0 Å². The number of amides is 3. The maximum Gasteiger partial charge on any atom is 0.290 e. The van der Waals surface area contributed by atoms with E-state index in [0.29, 0.717) is 16.7 Å². The van der Waals surface area contributed by atoms with Gasteiger partial charge in [-0.1, -0.05) is 0 Å². The van der Waals surface area contributed by atoms with Gasteiger partial charge in [-0.2, -0.15) is 0 Å². The summed E-state index contributed by atoms with van der Waals surface area (Å²) in [6.07, 6.45) is 0. The van der Waals surface area contributed by atoms with Gasteiger partial charge in [0, 0.05) is 11.1 Å². The van der Waals surface area contributed by atoms with Crippen molar-refractivity contribution < 1.29 is 18.8 Å². The van der Waals surface area contributed by atoms with Gasteiger partial charge in [-0.05, 0) is 24.3 Å². The molecule has 0 atom stereocenters. The number of anilines is 1. The maximum atomic E-state index is 12.2. The highest BCUT2D eigenvalue weighted by Crippen LogP contribution is 2.22. The second-order valence-corrected chi connectivity index (χ2v) is 4.54. The van der Waals surface area contributed by atoms with E-state index in [4.69, 9.17) is 10.2 Å². The fourth-order valence-corrected chi connectivity index (χ4v) is 2.10. The second-order valence-electron chi connectivity index (χ2n) is 4.54. The molecule has 0 bridgehead atoms. The third-order valence-electron chi connectivity index (χ3n) is 2.99. The molecule has 0 aliphatic carbocycles. The van der Waals surface area contributed by atoms with Crippen molar-refractivity contribution in [2.24, 2.45) is 0 Å². The molecule has 0 unspecified atom stereocenters. The zero-order valence-corrected chi connectivity index (χ0v) is 10.4. The SMILES string of the molecule is Nc1ccc2oc(C(=O)N3CC(=O)NC(=O)C3)cc2c1. The van der Waals surface area contributed by atoms with Crippen LogP contribution in [0.25, 0.3) is 11.0 Å². The Bertz CT molecular complexity index is 718. The number of nitrogens with one attached hydrogen (secondary N) is 1. The first kappa shape index (κ1) is 12.2. The highest BCUT2D eigenvalue weighted by atomic mass is 16.3. The summed E-state index contributed by atoms with van der Waals surface area (Å²) < 4.78 is 5.42. The third-order valence-corrected chi connectivity index (χ3v) is 2.99. The van der Waals surface area contributed by atoms with Gasteiger partial charge in [0.2, 0.25) is 11.8 Å². The number of carbonyl (C=O) groups excluding carboxylic acids is 3. The monoisotopic (exact) mass is 273 g/mol. The molecule has 0 saturated carbocycles. The van der Waals surface area contributed by atoms with Crippen molar-refractivity contribution in [1.82, 2.24) is 10.2 Å². The molecule has 0 radical (unpaired) electrons. The first-order valence-corrected chi connectivity index (χ1v) is 5.94. The summed E-state index contributed by atoms with van der Waals surface area (Å²) in [6, 6.07) is 6.56. The van der Waals surface area contributed by atoms with E-state index in [1.165, 1.54) is 0 Å². The summed E-state index contributed by atoms with van der Waals surface area (Å²) in [4.78, 5) is 35.9. The molecule has 3 N–H and O–H groups in total. The van der Waals surface area contributed by atoms with Crippen LogP contribution in [0.4, 0.5) is 5.69 Å². The highest BCUT2D eigenvalue weighted by Gasteiger charge is 2.28. The molecule has 1 fully saturated rings. The minimum absolute atomic E-state index is 0.0769. The van der Waals surface area contributed by atoms with Gasteiger partial charge < -0.3 is 15.1 Å². The van der Waals surface area contributed by atoms with Crippen molar-refractivity contribution in [2.75, 3.05) is 18.8 Å². The average Bonchev–Trinajstić information content (AvgIpc) is 2.79. The number of rotatable bonds is 1. The van der Waals surface area contributed by atoms with Gasteiger partial charge in [-0.15, -0.1) is 0 Å². The Labute approximate surface area is 113 Å². The average molecular weight is 273 g/mol. The minimum atomic E-state index is -0.505. The smallest absolute Gasteiger partial charge is 0.290 e. The molecule has 1 aliphatic rings. The molecule has 20 heavy (non-hydrogen) atoms. The number of nitrogens with two attached hydrogens (primary N) is 1. The van der Waals surface area contributed by atoms with Gasteiger partial charge in [-0.25, -0.2) is 0 Å². The molecule has 0 spiro atoms. The molecule has 102 valence electrons. The Balaban J connectivity index is 1.92. The molecule has 2 heterocycles. The minimum Gasteiger partial charge on any atom is -0.451 e. The van der Waals surface area contributed by atoms with Crippen molar-refractivity contribution in [3.63, 3.8) is 0 Å². The Hall–Kier alpha value is -2.83. The quantitative estimate of drug-likeness (QED) is 0.567. The first-order chi connectivity index (χ1) is 9.52. The van der Waals surface area contributed by atoms with E-state index in [1.807, 2.05) is 0 Å². The van der Waals surface area contributed by atoms with Crippen LogP contribution in [0.1, 0.15) is 10.6 Å². The number of furan rings is 1. The lowest BCUT2D eigenvalue weighted by Crippen LogP contribution is -2.53. The van der Waals surface area contributed by atoms with Crippen molar-refractivity contribution in [3.05, 3.63) is 30.0 Å². The second kappa shape index (κ2) is 4.37. The lowest BCUT2D eigenvalue weighted by atomic mass is 10.2. The van der Waals surface area contributed by atoms with Gasteiger partial charge in [0.1, 0.15) is 18.7 Å².